The Labute approximate surface area is 125 Å². The highest BCUT2D eigenvalue weighted by atomic mass is 15.3. The molecule has 3 rings (SSSR count). The second kappa shape index (κ2) is 5.61. The standard InChI is InChI=1S/C18H34N2/c1-4-15(2)12-20-14-18(10-6-5-7-11-18)19-13-17(20,3)16-8-9-16/h15-16,19H,4-14H2,1-3H3. The summed E-state index contributed by atoms with van der Waals surface area (Å²) in [6.45, 7) is 11.2. The van der Waals surface area contributed by atoms with E-state index < -0.39 is 0 Å². The summed E-state index contributed by atoms with van der Waals surface area (Å²) in [4.78, 5) is 2.90. The fraction of sp³-hybridized carbons (Fsp3) is 1.00. The first-order valence-corrected chi connectivity index (χ1v) is 9.08. The fourth-order valence-electron chi connectivity index (χ4n) is 4.53. The normalized spacial score (nSPS) is 36.1. The van der Waals surface area contributed by atoms with Gasteiger partial charge in [-0.1, -0.05) is 39.5 Å². The van der Waals surface area contributed by atoms with Crippen molar-refractivity contribution in [3.63, 3.8) is 0 Å². The van der Waals surface area contributed by atoms with Crippen LogP contribution in [0.15, 0.2) is 0 Å². The summed E-state index contributed by atoms with van der Waals surface area (Å²) >= 11 is 0. The molecule has 116 valence electrons. The molecule has 0 aromatic rings. The SMILES string of the molecule is CCC(C)CN1CC2(CCCCC2)NCC1(C)C1CC1. The third kappa shape index (κ3) is 2.78. The first kappa shape index (κ1) is 14.8. The van der Waals surface area contributed by atoms with Gasteiger partial charge in [0.25, 0.3) is 0 Å². The van der Waals surface area contributed by atoms with Crippen LogP contribution in [-0.4, -0.2) is 35.6 Å². The van der Waals surface area contributed by atoms with Crippen molar-refractivity contribution in [1.82, 2.24) is 10.2 Å². The molecule has 1 heterocycles. The van der Waals surface area contributed by atoms with E-state index in [0.29, 0.717) is 11.1 Å². The van der Waals surface area contributed by atoms with Crippen LogP contribution in [0.25, 0.3) is 0 Å². The van der Waals surface area contributed by atoms with Crippen molar-refractivity contribution < 1.29 is 0 Å². The Morgan fingerprint density at radius 3 is 2.50 bits per heavy atom. The Morgan fingerprint density at radius 1 is 1.20 bits per heavy atom. The zero-order valence-electron chi connectivity index (χ0n) is 13.9. The molecule has 2 saturated carbocycles. The molecule has 3 fully saturated rings. The van der Waals surface area contributed by atoms with E-state index in [9.17, 15) is 0 Å². The minimum Gasteiger partial charge on any atom is -0.308 e. The van der Waals surface area contributed by atoms with Gasteiger partial charge in [0.2, 0.25) is 0 Å². The van der Waals surface area contributed by atoms with Gasteiger partial charge < -0.3 is 5.32 Å². The second-order valence-electron chi connectivity index (χ2n) is 8.22. The number of rotatable bonds is 4. The van der Waals surface area contributed by atoms with Gasteiger partial charge in [0.1, 0.15) is 0 Å². The van der Waals surface area contributed by atoms with Crippen molar-refractivity contribution >= 4 is 0 Å². The Bertz CT molecular complexity index is 330. The first-order chi connectivity index (χ1) is 9.58. The number of nitrogens with one attached hydrogen (secondary N) is 1. The molecule has 1 spiro atoms. The van der Waals surface area contributed by atoms with Crippen molar-refractivity contribution in [3.05, 3.63) is 0 Å². The smallest absolute Gasteiger partial charge is 0.0335 e. The molecule has 1 aliphatic heterocycles. The van der Waals surface area contributed by atoms with Gasteiger partial charge in [0, 0.05) is 30.7 Å². The van der Waals surface area contributed by atoms with Crippen molar-refractivity contribution in [3.8, 4) is 0 Å². The van der Waals surface area contributed by atoms with Crippen LogP contribution >= 0.6 is 0 Å². The van der Waals surface area contributed by atoms with Gasteiger partial charge in [-0.25, -0.2) is 0 Å². The Kier molecular flexibility index (Phi) is 4.16. The van der Waals surface area contributed by atoms with E-state index in [1.165, 1.54) is 71.0 Å². The van der Waals surface area contributed by atoms with Crippen LogP contribution in [0.4, 0.5) is 0 Å². The highest BCUT2D eigenvalue weighted by Crippen LogP contribution is 2.46. The maximum atomic E-state index is 4.03. The molecule has 2 aliphatic carbocycles. The van der Waals surface area contributed by atoms with Crippen molar-refractivity contribution in [2.45, 2.75) is 83.2 Å². The minimum atomic E-state index is 0.437. The van der Waals surface area contributed by atoms with Crippen molar-refractivity contribution in [2.24, 2.45) is 11.8 Å². The maximum Gasteiger partial charge on any atom is 0.0335 e. The first-order valence-electron chi connectivity index (χ1n) is 9.08. The van der Waals surface area contributed by atoms with E-state index in [2.05, 4.69) is 31.0 Å². The number of hydrogen-bond acceptors (Lipinski definition) is 2. The zero-order valence-corrected chi connectivity index (χ0v) is 13.9. The molecule has 1 saturated heterocycles. The lowest BCUT2D eigenvalue weighted by Crippen LogP contribution is -2.70. The van der Waals surface area contributed by atoms with E-state index >= 15 is 0 Å². The van der Waals surface area contributed by atoms with Crippen molar-refractivity contribution in [2.75, 3.05) is 19.6 Å². The van der Waals surface area contributed by atoms with E-state index in [0.717, 1.165) is 11.8 Å². The molecule has 20 heavy (non-hydrogen) atoms. The van der Waals surface area contributed by atoms with Gasteiger partial charge in [-0.15, -0.1) is 0 Å². The molecule has 2 unspecified atom stereocenters. The molecule has 2 atom stereocenters. The summed E-state index contributed by atoms with van der Waals surface area (Å²) in [5, 5.41) is 4.03. The summed E-state index contributed by atoms with van der Waals surface area (Å²) in [5.41, 5.74) is 0.895. The molecule has 3 aliphatic rings. The van der Waals surface area contributed by atoms with E-state index in [1.54, 1.807) is 0 Å². The van der Waals surface area contributed by atoms with Gasteiger partial charge in [-0.2, -0.15) is 0 Å². The summed E-state index contributed by atoms with van der Waals surface area (Å²) < 4.78 is 0. The Morgan fingerprint density at radius 2 is 1.90 bits per heavy atom. The largest absolute Gasteiger partial charge is 0.308 e. The number of nitrogens with zero attached hydrogens (tertiary/aromatic N) is 1. The molecule has 0 bridgehead atoms. The molecule has 2 nitrogen and oxygen atoms in total. The van der Waals surface area contributed by atoms with Crippen LogP contribution < -0.4 is 5.32 Å². The van der Waals surface area contributed by atoms with E-state index in [1.807, 2.05) is 0 Å². The maximum absolute atomic E-state index is 4.03. The average molecular weight is 278 g/mol. The van der Waals surface area contributed by atoms with Crippen LogP contribution in [0, 0.1) is 11.8 Å². The Balaban J connectivity index is 1.74. The summed E-state index contributed by atoms with van der Waals surface area (Å²) in [5.74, 6) is 1.80. The van der Waals surface area contributed by atoms with Crippen LogP contribution in [0.3, 0.4) is 0 Å². The third-order valence-electron chi connectivity index (χ3n) is 6.53. The van der Waals surface area contributed by atoms with Gasteiger partial charge in [0.15, 0.2) is 0 Å². The fourth-order valence-corrected chi connectivity index (χ4v) is 4.53. The molecule has 2 heteroatoms. The summed E-state index contributed by atoms with van der Waals surface area (Å²) in [6.07, 6.45) is 11.4. The predicted molar refractivity (Wildman–Crippen MR) is 86.0 cm³/mol. The third-order valence-corrected chi connectivity index (χ3v) is 6.53. The Hall–Kier alpha value is -0.0800. The van der Waals surface area contributed by atoms with Crippen molar-refractivity contribution in [1.29, 1.82) is 0 Å². The molecular weight excluding hydrogens is 244 g/mol. The highest BCUT2D eigenvalue weighted by Gasteiger charge is 2.51. The van der Waals surface area contributed by atoms with Gasteiger partial charge in [-0.05, 0) is 44.4 Å². The monoisotopic (exact) mass is 278 g/mol. The molecular formula is C18H34N2. The summed E-state index contributed by atoms with van der Waals surface area (Å²) in [7, 11) is 0. The van der Waals surface area contributed by atoms with E-state index in [-0.39, 0.29) is 0 Å². The lowest BCUT2D eigenvalue weighted by atomic mass is 9.76. The van der Waals surface area contributed by atoms with Crippen LogP contribution in [0.5, 0.6) is 0 Å². The zero-order chi connectivity index (χ0) is 14.2. The lowest BCUT2D eigenvalue weighted by molar-refractivity contribution is -0.0201. The molecule has 0 radical (unpaired) electrons. The van der Waals surface area contributed by atoms with Gasteiger partial charge in [0.05, 0.1) is 0 Å². The quantitative estimate of drug-likeness (QED) is 0.841. The van der Waals surface area contributed by atoms with Crippen LogP contribution in [0.2, 0.25) is 0 Å². The van der Waals surface area contributed by atoms with Gasteiger partial charge >= 0.3 is 0 Å². The van der Waals surface area contributed by atoms with Crippen LogP contribution in [0.1, 0.15) is 72.1 Å². The molecule has 0 amide bonds. The molecule has 0 aromatic carbocycles. The number of piperazine rings is 1. The second-order valence-corrected chi connectivity index (χ2v) is 8.22. The molecule has 0 aromatic heterocycles. The predicted octanol–water partition coefficient (Wildman–Crippen LogP) is 3.81. The number of hydrogen-bond donors (Lipinski definition) is 1. The summed E-state index contributed by atoms with van der Waals surface area (Å²) in [6, 6.07) is 0. The highest BCUT2D eigenvalue weighted by molar-refractivity contribution is 5.09. The average Bonchev–Trinajstić information content (AvgIpc) is 3.29. The molecule has 1 N–H and O–H groups in total. The van der Waals surface area contributed by atoms with Crippen LogP contribution in [-0.2, 0) is 0 Å². The lowest BCUT2D eigenvalue weighted by Gasteiger charge is -2.55. The van der Waals surface area contributed by atoms with E-state index in [4.69, 9.17) is 0 Å². The topological polar surface area (TPSA) is 15.3 Å². The van der Waals surface area contributed by atoms with Gasteiger partial charge in [-0.3, -0.25) is 4.90 Å². The minimum absolute atomic E-state index is 0.437.